The number of anilines is 1. The molecule has 1 aromatic heterocycles. The number of hydrogen-bond acceptors (Lipinski definition) is 2. The highest BCUT2D eigenvalue weighted by Gasteiger charge is 2.06. The molecule has 1 aromatic carbocycles. The van der Waals surface area contributed by atoms with E-state index < -0.39 is 0 Å². The summed E-state index contributed by atoms with van der Waals surface area (Å²) in [5, 5.41) is 5.67. The monoisotopic (exact) mass is 245 g/mol. The molecule has 0 saturated heterocycles. The first kappa shape index (κ1) is 12.2. The lowest BCUT2D eigenvalue weighted by Gasteiger charge is -2.15. The van der Waals surface area contributed by atoms with Gasteiger partial charge in [-0.15, -0.1) is 11.3 Å². The molecule has 1 atom stereocenters. The summed E-state index contributed by atoms with van der Waals surface area (Å²) in [6, 6.07) is 11.3. The molecule has 1 heterocycles. The Balaban J connectivity index is 2.11. The number of nitrogens with one attached hydrogen (secondary N) is 1. The highest BCUT2D eigenvalue weighted by atomic mass is 32.1. The maximum absolute atomic E-state index is 3.55. The Morgan fingerprint density at radius 1 is 1.29 bits per heavy atom. The maximum atomic E-state index is 3.55. The summed E-state index contributed by atoms with van der Waals surface area (Å²) in [6.07, 6.45) is 1.10. The zero-order valence-corrected chi connectivity index (χ0v) is 11.5. The standard InChI is InChI=1S/C15H19NS/c1-4-13-7-8-14(10-11(13)2)16-12(3)15-6-5-9-17-15/h5-10,12,16H,4H2,1-3H3. The Bertz CT molecular complexity index is 474. The van der Waals surface area contributed by atoms with Crippen molar-refractivity contribution in [2.45, 2.75) is 33.2 Å². The number of aryl methyl sites for hydroxylation is 2. The number of hydrogen-bond donors (Lipinski definition) is 1. The van der Waals surface area contributed by atoms with E-state index >= 15 is 0 Å². The van der Waals surface area contributed by atoms with Gasteiger partial charge in [-0.1, -0.05) is 19.1 Å². The summed E-state index contributed by atoms with van der Waals surface area (Å²) in [4.78, 5) is 1.38. The van der Waals surface area contributed by atoms with Crippen LogP contribution >= 0.6 is 11.3 Å². The van der Waals surface area contributed by atoms with Gasteiger partial charge in [0.25, 0.3) is 0 Å². The van der Waals surface area contributed by atoms with Gasteiger partial charge in [0.1, 0.15) is 0 Å². The normalized spacial score (nSPS) is 12.4. The van der Waals surface area contributed by atoms with Gasteiger partial charge in [0.2, 0.25) is 0 Å². The van der Waals surface area contributed by atoms with Gasteiger partial charge in [-0.05, 0) is 55.0 Å². The highest BCUT2D eigenvalue weighted by molar-refractivity contribution is 7.10. The maximum Gasteiger partial charge on any atom is 0.0578 e. The lowest BCUT2D eigenvalue weighted by atomic mass is 10.1. The predicted octanol–water partition coefficient (Wildman–Crippen LogP) is 4.79. The van der Waals surface area contributed by atoms with Crippen LogP contribution in [0.15, 0.2) is 35.7 Å². The summed E-state index contributed by atoms with van der Waals surface area (Å²) in [7, 11) is 0. The fourth-order valence-corrected chi connectivity index (χ4v) is 2.78. The van der Waals surface area contributed by atoms with Crippen LogP contribution in [-0.4, -0.2) is 0 Å². The van der Waals surface area contributed by atoms with Gasteiger partial charge >= 0.3 is 0 Å². The molecule has 0 radical (unpaired) electrons. The summed E-state index contributed by atoms with van der Waals surface area (Å²) < 4.78 is 0. The minimum absolute atomic E-state index is 0.377. The topological polar surface area (TPSA) is 12.0 Å². The van der Waals surface area contributed by atoms with Crippen LogP contribution in [0.25, 0.3) is 0 Å². The van der Waals surface area contributed by atoms with Crippen molar-refractivity contribution in [1.82, 2.24) is 0 Å². The number of rotatable bonds is 4. The molecular weight excluding hydrogens is 226 g/mol. The third kappa shape index (κ3) is 2.89. The first-order valence-electron chi connectivity index (χ1n) is 6.10. The van der Waals surface area contributed by atoms with Gasteiger partial charge in [0, 0.05) is 10.6 Å². The van der Waals surface area contributed by atoms with Crippen molar-refractivity contribution in [1.29, 1.82) is 0 Å². The van der Waals surface area contributed by atoms with Crippen LogP contribution in [0.3, 0.4) is 0 Å². The lowest BCUT2D eigenvalue weighted by molar-refractivity contribution is 0.907. The van der Waals surface area contributed by atoms with Gasteiger partial charge in [-0.2, -0.15) is 0 Å². The Hall–Kier alpha value is -1.28. The van der Waals surface area contributed by atoms with Crippen LogP contribution < -0.4 is 5.32 Å². The molecule has 2 aromatic rings. The van der Waals surface area contributed by atoms with Crippen molar-refractivity contribution >= 4 is 17.0 Å². The SMILES string of the molecule is CCc1ccc(NC(C)c2cccs2)cc1C. The van der Waals surface area contributed by atoms with E-state index in [1.54, 1.807) is 11.3 Å². The Morgan fingerprint density at radius 2 is 2.12 bits per heavy atom. The Kier molecular flexibility index (Phi) is 3.85. The molecule has 0 amide bonds. The fourth-order valence-electron chi connectivity index (χ4n) is 2.04. The Morgan fingerprint density at radius 3 is 2.71 bits per heavy atom. The fraction of sp³-hybridized carbons (Fsp3) is 0.333. The molecule has 1 N–H and O–H groups in total. The second-order valence-corrected chi connectivity index (χ2v) is 5.36. The first-order chi connectivity index (χ1) is 8.20. The molecule has 0 bridgehead atoms. The third-order valence-electron chi connectivity index (χ3n) is 3.08. The van der Waals surface area contributed by atoms with Crippen molar-refractivity contribution in [3.8, 4) is 0 Å². The minimum atomic E-state index is 0.377. The molecule has 0 saturated carbocycles. The van der Waals surface area contributed by atoms with E-state index in [0.29, 0.717) is 6.04 Å². The molecule has 2 rings (SSSR count). The summed E-state index contributed by atoms with van der Waals surface area (Å²) in [5.74, 6) is 0. The second kappa shape index (κ2) is 5.37. The smallest absolute Gasteiger partial charge is 0.0578 e. The van der Waals surface area contributed by atoms with E-state index in [9.17, 15) is 0 Å². The van der Waals surface area contributed by atoms with Crippen LogP contribution in [0.4, 0.5) is 5.69 Å². The van der Waals surface area contributed by atoms with E-state index in [0.717, 1.165) is 6.42 Å². The molecule has 1 unspecified atom stereocenters. The van der Waals surface area contributed by atoms with E-state index in [-0.39, 0.29) is 0 Å². The molecule has 2 heteroatoms. The van der Waals surface area contributed by atoms with Gasteiger partial charge in [-0.25, -0.2) is 0 Å². The molecule has 90 valence electrons. The van der Waals surface area contributed by atoms with Crippen molar-refractivity contribution in [3.63, 3.8) is 0 Å². The van der Waals surface area contributed by atoms with Crippen molar-refractivity contribution in [2.24, 2.45) is 0 Å². The van der Waals surface area contributed by atoms with Gasteiger partial charge < -0.3 is 5.32 Å². The largest absolute Gasteiger partial charge is 0.378 e. The highest BCUT2D eigenvalue weighted by Crippen LogP contribution is 2.24. The zero-order valence-electron chi connectivity index (χ0n) is 10.7. The van der Waals surface area contributed by atoms with Gasteiger partial charge in [-0.3, -0.25) is 0 Å². The van der Waals surface area contributed by atoms with E-state index in [2.05, 4.69) is 61.8 Å². The van der Waals surface area contributed by atoms with Crippen LogP contribution in [-0.2, 0) is 6.42 Å². The second-order valence-electron chi connectivity index (χ2n) is 4.38. The van der Waals surface area contributed by atoms with Crippen molar-refractivity contribution in [3.05, 3.63) is 51.7 Å². The number of thiophene rings is 1. The lowest BCUT2D eigenvalue weighted by Crippen LogP contribution is -2.05. The molecule has 0 fully saturated rings. The van der Waals surface area contributed by atoms with Gasteiger partial charge in [0.15, 0.2) is 0 Å². The molecule has 0 aliphatic rings. The van der Waals surface area contributed by atoms with E-state index in [1.807, 2.05) is 0 Å². The molecular formula is C15H19NS. The summed E-state index contributed by atoms with van der Waals surface area (Å²) in [5.41, 5.74) is 4.01. The first-order valence-corrected chi connectivity index (χ1v) is 6.98. The van der Waals surface area contributed by atoms with Crippen molar-refractivity contribution < 1.29 is 0 Å². The van der Waals surface area contributed by atoms with Crippen LogP contribution in [0, 0.1) is 6.92 Å². The average molecular weight is 245 g/mol. The molecule has 17 heavy (non-hydrogen) atoms. The Labute approximate surface area is 108 Å². The van der Waals surface area contributed by atoms with Crippen molar-refractivity contribution in [2.75, 3.05) is 5.32 Å². The average Bonchev–Trinajstić information content (AvgIpc) is 2.82. The van der Waals surface area contributed by atoms with Crippen LogP contribution in [0.1, 0.15) is 35.9 Å². The quantitative estimate of drug-likeness (QED) is 0.816. The zero-order chi connectivity index (χ0) is 12.3. The summed E-state index contributed by atoms with van der Waals surface area (Å²) in [6.45, 7) is 6.58. The van der Waals surface area contributed by atoms with E-state index in [4.69, 9.17) is 0 Å². The molecule has 0 aliphatic carbocycles. The van der Waals surface area contributed by atoms with E-state index in [1.165, 1.54) is 21.7 Å². The minimum Gasteiger partial charge on any atom is -0.378 e. The third-order valence-corrected chi connectivity index (χ3v) is 4.13. The number of benzene rings is 1. The van der Waals surface area contributed by atoms with Crippen LogP contribution in [0.2, 0.25) is 0 Å². The van der Waals surface area contributed by atoms with Crippen LogP contribution in [0.5, 0.6) is 0 Å². The molecule has 1 nitrogen and oxygen atoms in total. The molecule has 0 aliphatic heterocycles. The summed E-state index contributed by atoms with van der Waals surface area (Å²) >= 11 is 1.80. The predicted molar refractivity (Wildman–Crippen MR) is 76.9 cm³/mol. The van der Waals surface area contributed by atoms with Gasteiger partial charge in [0.05, 0.1) is 6.04 Å². The molecule has 0 spiro atoms.